The molecule has 0 saturated carbocycles. The Morgan fingerprint density at radius 2 is 1.80 bits per heavy atom. The van der Waals surface area contributed by atoms with E-state index in [0.29, 0.717) is 18.7 Å². The van der Waals surface area contributed by atoms with E-state index in [9.17, 15) is 18.0 Å². The summed E-state index contributed by atoms with van der Waals surface area (Å²) in [6.07, 6.45) is -5.67. The van der Waals surface area contributed by atoms with Gasteiger partial charge in [-0.2, -0.15) is 23.7 Å². The van der Waals surface area contributed by atoms with Crippen molar-refractivity contribution in [3.8, 4) is 17.9 Å². The smallest absolute Gasteiger partial charge is 0.417 e. The maximum atomic E-state index is 13.2. The molecule has 1 amide bonds. The van der Waals surface area contributed by atoms with Gasteiger partial charge in [0.15, 0.2) is 6.10 Å². The number of ether oxygens (including phenoxy) is 1. The van der Waals surface area contributed by atoms with E-state index >= 15 is 0 Å². The van der Waals surface area contributed by atoms with Crippen LogP contribution in [-0.4, -0.2) is 23.5 Å². The first kappa shape index (κ1) is 21.2. The van der Waals surface area contributed by atoms with Crippen molar-refractivity contribution < 1.29 is 22.7 Å². The van der Waals surface area contributed by atoms with E-state index in [1.165, 1.54) is 12.1 Å². The van der Waals surface area contributed by atoms with Crippen molar-refractivity contribution in [2.75, 3.05) is 6.54 Å². The Kier molecular flexibility index (Phi) is 5.45. The Hall–Kier alpha value is -3.52. The van der Waals surface area contributed by atoms with Crippen LogP contribution in [0.5, 0.6) is 5.75 Å². The molecule has 0 aromatic heterocycles. The summed E-state index contributed by atoms with van der Waals surface area (Å²) in [5, 5.41) is 17.8. The second-order valence-electron chi connectivity index (χ2n) is 7.81. The molecule has 1 heterocycles. The van der Waals surface area contributed by atoms with Crippen molar-refractivity contribution in [2.45, 2.75) is 32.7 Å². The average Bonchev–Trinajstić information content (AvgIpc) is 2.90. The molecule has 0 bridgehead atoms. The minimum Gasteiger partial charge on any atom is -0.480 e. The third kappa shape index (κ3) is 4.23. The molecular weight excluding hydrogens is 395 g/mol. The molecule has 1 aliphatic heterocycles. The number of amides is 1. The second-order valence-corrected chi connectivity index (χ2v) is 7.81. The maximum Gasteiger partial charge on any atom is 0.417 e. The van der Waals surface area contributed by atoms with E-state index in [-0.39, 0.29) is 11.7 Å². The molecule has 2 aromatic rings. The summed E-state index contributed by atoms with van der Waals surface area (Å²) in [6.45, 7) is 4.28. The number of likely N-dealkylation sites (tertiary alicyclic amines) is 1. The Balaban J connectivity index is 1.82. The number of nitriles is 2. The molecule has 30 heavy (non-hydrogen) atoms. The number of halogens is 3. The van der Waals surface area contributed by atoms with Crippen LogP contribution in [0.4, 0.5) is 13.2 Å². The van der Waals surface area contributed by atoms with Gasteiger partial charge in [-0.1, -0.05) is 26.0 Å². The molecule has 0 N–H and O–H groups in total. The van der Waals surface area contributed by atoms with E-state index in [2.05, 4.69) is 0 Å². The van der Waals surface area contributed by atoms with Crippen molar-refractivity contribution in [3.05, 3.63) is 64.7 Å². The van der Waals surface area contributed by atoms with Crippen LogP contribution in [0.25, 0.3) is 0 Å². The highest BCUT2D eigenvalue weighted by Gasteiger charge is 2.48. The quantitative estimate of drug-likeness (QED) is 0.750. The van der Waals surface area contributed by atoms with Crippen LogP contribution in [0.1, 0.15) is 36.1 Å². The van der Waals surface area contributed by atoms with Crippen LogP contribution < -0.4 is 4.74 Å². The minimum atomic E-state index is -4.71. The summed E-state index contributed by atoms with van der Waals surface area (Å²) < 4.78 is 45.3. The third-order valence-electron chi connectivity index (χ3n) is 4.97. The van der Waals surface area contributed by atoms with Gasteiger partial charge in [-0.05, 0) is 35.9 Å². The Morgan fingerprint density at radius 3 is 2.37 bits per heavy atom. The van der Waals surface area contributed by atoms with Gasteiger partial charge in [0.05, 0.1) is 28.8 Å². The van der Waals surface area contributed by atoms with Gasteiger partial charge in [0.1, 0.15) is 5.75 Å². The summed E-state index contributed by atoms with van der Waals surface area (Å²) in [5.41, 5.74) is -0.906. The van der Waals surface area contributed by atoms with Gasteiger partial charge >= 0.3 is 6.18 Å². The van der Waals surface area contributed by atoms with Crippen LogP contribution in [0.15, 0.2) is 42.5 Å². The van der Waals surface area contributed by atoms with Crippen LogP contribution in [0.3, 0.4) is 0 Å². The fraction of sp³-hybridized carbons (Fsp3) is 0.318. The normalized spacial score (nSPS) is 18.0. The maximum absolute atomic E-state index is 13.2. The van der Waals surface area contributed by atoms with Crippen LogP contribution >= 0.6 is 0 Å². The van der Waals surface area contributed by atoms with Crippen molar-refractivity contribution in [2.24, 2.45) is 5.41 Å². The monoisotopic (exact) mass is 413 g/mol. The lowest BCUT2D eigenvalue weighted by Crippen LogP contribution is -2.36. The largest absolute Gasteiger partial charge is 0.480 e. The van der Waals surface area contributed by atoms with Gasteiger partial charge < -0.3 is 9.64 Å². The fourth-order valence-electron chi connectivity index (χ4n) is 3.47. The molecule has 1 aliphatic rings. The van der Waals surface area contributed by atoms with Gasteiger partial charge in [-0.15, -0.1) is 0 Å². The first-order chi connectivity index (χ1) is 14.0. The molecule has 3 rings (SSSR count). The number of benzene rings is 2. The Labute approximate surface area is 171 Å². The summed E-state index contributed by atoms with van der Waals surface area (Å²) in [6, 6.07) is 13.4. The van der Waals surface area contributed by atoms with E-state index in [0.717, 1.165) is 17.7 Å². The van der Waals surface area contributed by atoms with E-state index in [1.807, 2.05) is 19.9 Å². The van der Waals surface area contributed by atoms with Crippen molar-refractivity contribution >= 4 is 5.91 Å². The molecule has 1 unspecified atom stereocenters. The van der Waals surface area contributed by atoms with Crippen LogP contribution in [0.2, 0.25) is 0 Å². The van der Waals surface area contributed by atoms with Crippen LogP contribution in [-0.2, 0) is 17.5 Å². The molecule has 154 valence electrons. The van der Waals surface area contributed by atoms with E-state index in [4.69, 9.17) is 15.3 Å². The third-order valence-corrected chi connectivity index (χ3v) is 4.97. The Morgan fingerprint density at radius 1 is 1.13 bits per heavy atom. The summed E-state index contributed by atoms with van der Waals surface area (Å²) in [7, 11) is 0. The summed E-state index contributed by atoms with van der Waals surface area (Å²) >= 11 is 0. The number of carbonyl (C=O) groups is 1. The minimum absolute atomic E-state index is 0.118. The molecule has 1 saturated heterocycles. The lowest BCUT2D eigenvalue weighted by molar-refractivity contribution is -0.138. The number of hydrogen-bond acceptors (Lipinski definition) is 4. The molecule has 1 atom stereocenters. The zero-order valence-corrected chi connectivity index (χ0v) is 16.3. The molecule has 0 spiro atoms. The summed E-state index contributed by atoms with van der Waals surface area (Å²) in [4.78, 5) is 14.5. The van der Waals surface area contributed by atoms with Crippen LogP contribution in [0, 0.1) is 28.1 Å². The fourth-order valence-corrected chi connectivity index (χ4v) is 3.47. The van der Waals surface area contributed by atoms with Gasteiger partial charge in [-0.25, -0.2) is 0 Å². The number of nitrogens with zero attached hydrogens (tertiary/aromatic N) is 3. The van der Waals surface area contributed by atoms with E-state index < -0.39 is 28.8 Å². The predicted octanol–water partition coefficient (Wildman–Crippen LogP) is 4.26. The number of alkyl halides is 3. The number of rotatable bonds is 4. The first-order valence-corrected chi connectivity index (χ1v) is 9.11. The molecule has 2 aromatic carbocycles. The van der Waals surface area contributed by atoms with Gasteiger partial charge in [0, 0.05) is 18.5 Å². The average molecular weight is 413 g/mol. The zero-order valence-electron chi connectivity index (χ0n) is 16.3. The highest BCUT2D eigenvalue weighted by atomic mass is 19.4. The van der Waals surface area contributed by atoms with E-state index in [1.54, 1.807) is 29.2 Å². The van der Waals surface area contributed by atoms with Gasteiger partial charge in [0.25, 0.3) is 5.91 Å². The molecule has 5 nitrogen and oxygen atoms in total. The van der Waals surface area contributed by atoms with Crippen molar-refractivity contribution in [1.29, 1.82) is 10.5 Å². The zero-order chi connectivity index (χ0) is 22.1. The lowest BCUT2D eigenvalue weighted by Gasteiger charge is -2.24. The molecule has 0 aliphatic carbocycles. The standard InChI is InChI=1S/C22H18F3N3O2/c1-21(2)13-28(12-15-5-3-14(10-26)4-6-15)20(29)19(21)30-17-8-7-16(11-27)18(9-17)22(23,24)25/h3-9,19H,12-13H2,1-2H3. The van der Waals surface area contributed by atoms with Crippen molar-refractivity contribution in [3.63, 3.8) is 0 Å². The van der Waals surface area contributed by atoms with Crippen molar-refractivity contribution in [1.82, 2.24) is 4.90 Å². The molecule has 1 fully saturated rings. The number of hydrogen-bond donors (Lipinski definition) is 0. The second kappa shape index (κ2) is 7.72. The summed E-state index contributed by atoms with van der Waals surface area (Å²) in [5.74, 6) is -0.449. The predicted molar refractivity (Wildman–Crippen MR) is 101 cm³/mol. The molecule has 8 heteroatoms. The molecular formula is C22H18F3N3O2. The topological polar surface area (TPSA) is 77.1 Å². The number of carbonyl (C=O) groups excluding carboxylic acids is 1. The molecule has 0 radical (unpaired) electrons. The highest BCUT2D eigenvalue weighted by molar-refractivity contribution is 5.84. The highest BCUT2D eigenvalue weighted by Crippen LogP contribution is 2.38. The Bertz CT molecular complexity index is 1050. The first-order valence-electron chi connectivity index (χ1n) is 9.11. The van der Waals surface area contributed by atoms with Gasteiger partial charge in [-0.3, -0.25) is 4.79 Å². The SMILES string of the molecule is CC1(C)CN(Cc2ccc(C#N)cc2)C(=O)C1Oc1ccc(C#N)c(C(F)(F)F)c1. The lowest BCUT2D eigenvalue weighted by atomic mass is 9.89. The van der Waals surface area contributed by atoms with Gasteiger partial charge in [0.2, 0.25) is 0 Å².